The van der Waals surface area contributed by atoms with E-state index in [2.05, 4.69) is 6.92 Å². The first kappa shape index (κ1) is 21.8. The van der Waals surface area contributed by atoms with Crippen molar-refractivity contribution in [2.45, 2.75) is 115 Å². The Morgan fingerprint density at radius 3 is 1.00 bits per heavy atom. The van der Waals surface area contributed by atoms with Gasteiger partial charge in [-0.1, -0.05) is 103 Å². The Bertz CT molecular complexity index is 211. The van der Waals surface area contributed by atoms with Crippen LogP contribution in [-0.2, 0) is 0 Å². The van der Waals surface area contributed by atoms with Crippen LogP contribution in [0, 0.1) is 6.92 Å². The summed E-state index contributed by atoms with van der Waals surface area (Å²) in [5, 5.41) is 0. The number of alkyl halides is 3. The lowest BCUT2D eigenvalue weighted by molar-refractivity contribution is -0.135. The van der Waals surface area contributed by atoms with Gasteiger partial charge < -0.3 is 0 Å². The molecule has 0 nitrogen and oxygen atoms in total. The molecule has 0 bridgehead atoms. The van der Waals surface area contributed by atoms with Crippen molar-refractivity contribution >= 4 is 0 Å². The van der Waals surface area contributed by atoms with Crippen LogP contribution < -0.4 is 0 Å². The molecule has 0 aromatic rings. The molecule has 0 saturated carbocycles. The Kier molecular flexibility index (Phi) is 15.5. The van der Waals surface area contributed by atoms with Crippen molar-refractivity contribution in [3.63, 3.8) is 0 Å². The van der Waals surface area contributed by atoms with Gasteiger partial charge in [-0.3, -0.25) is 0 Å². The minimum Gasteiger partial charge on any atom is -0.171 e. The van der Waals surface area contributed by atoms with Crippen LogP contribution in [-0.4, -0.2) is 6.18 Å². The van der Waals surface area contributed by atoms with Gasteiger partial charge in [-0.2, -0.15) is 13.2 Å². The molecule has 0 aromatic heterocycles. The predicted octanol–water partition coefficient (Wildman–Crippen LogP) is 8.01. The van der Waals surface area contributed by atoms with E-state index in [1.807, 2.05) is 0 Å². The number of rotatable bonds is 16. The van der Waals surface area contributed by atoms with E-state index >= 15 is 0 Å². The highest BCUT2D eigenvalue weighted by Crippen LogP contribution is 2.23. The third-order valence-electron chi connectivity index (χ3n) is 4.21. The average Bonchev–Trinajstić information content (AvgIpc) is 2.45. The normalized spacial score (nSPS) is 12.0. The van der Waals surface area contributed by atoms with Crippen LogP contribution in [0.5, 0.6) is 0 Å². The number of halogens is 3. The highest BCUT2D eigenvalue weighted by atomic mass is 19.4. The third-order valence-corrected chi connectivity index (χ3v) is 4.21. The molecule has 0 aliphatic rings. The van der Waals surface area contributed by atoms with Gasteiger partial charge in [-0.25, -0.2) is 0 Å². The van der Waals surface area contributed by atoms with E-state index in [-0.39, 0.29) is 0 Å². The van der Waals surface area contributed by atoms with E-state index in [0.717, 1.165) is 25.7 Å². The van der Waals surface area contributed by atoms with Crippen molar-refractivity contribution in [3.8, 4) is 0 Å². The molecule has 0 N–H and O–H groups in total. The Hall–Kier alpha value is -0.210. The first-order chi connectivity index (χ1) is 10.6. The summed E-state index contributed by atoms with van der Waals surface area (Å²) in [6.07, 6.45) is 14.1. The molecule has 0 atom stereocenters. The zero-order valence-electron chi connectivity index (χ0n) is 14.4. The molecule has 0 unspecified atom stereocenters. The Morgan fingerprint density at radius 2 is 0.727 bits per heavy atom. The first-order valence-electron chi connectivity index (χ1n) is 9.42. The molecule has 0 aromatic carbocycles. The van der Waals surface area contributed by atoms with Crippen molar-refractivity contribution in [3.05, 3.63) is 6.92 Å². The van der Waals surface area contributed by atoms with Crippen LogP contribution in [0.1, 0.15) is 109 Å². The molecule has 0 aliphatic carbocycles. The fourth-order valence-electron chi connectivity index (χ4n) is 2.80. The van der Waals surface area contributed by atoms with Gasteiger partial charge in [0.2, 0.25) is 0 Å². The molecule has 0 amide bonds. The Balaban J connectivity index is 3.00. The van der Waals surface area contributed by atoms with Crippen molar-refractivity contribution in [1.29, 1.82) is 0 Å². The van der Waals surface area contributed by atoms with Crippen molar-refractivity contribution < 1.29 is 13.2 Å². The Labute approximate surface area is 136 Å². The van der Waals surface area contributed by atoms with E-state index in [0.29, 0.717) is 6.42 Å². The highest BCUT2D eigenvalue weighted by Gasteiger charge is 2.25. The van der Waals surface area contributed by atoms with Gasteiger partial charge in [0.15, 0.2) is 0 Å². The molecule has 0 heterocycles. The molecular weight excluding hydrogens is 285 g/mol. The molecular formula is C19H36F3. The average molecular weight is 321 g/mol. The van der Waals surface area contributed by atoms with E-state index in [1.165, 1.54) is 70.6 Å². The van der Waals surface area contributed by atoms with Crippen LogP contribution in [0.15, 0.2) is 0 Å². The van der Waals surface area contributed by atoms with Gasteiger partial charge in [0.25, 0.3) is 0 Å². The molecule has 3 heteroatoms. The van der Waals surface area contributed by atoms with Crippen LogP contribution in [0.25, 0.3) is 0 Å². The zero-order chi connectivity index (χ0) is 16.5. The number of hydrogen-bond donors (Lipinski definition) is 0. The summed E-state index contributed by atoms with van der Waals surface area (Å²) in [6, 6.07) is 0. The topological polar surface area (TPSA) is 0 Å². The van der Waals surface area contributed by atoms with Crippen LogP contribution in [0.3, 0.4) is 0 Å². The fourth-order valence-corrected chi connectivity index (χ4v) is 2.80. The predicted molar refractivity (Wildman–Crippen MR) is 89.9 cm³/mol. The summed E-state index contributed by atoms with van der Waals surface area (Å²) < 4.78 is 35.8. The molecule has 133 valence electrons. The lowest BCUT2D eigenvalue weighted by Crippen LogP contribution is -2.06. The van der Waals surface area contributed by atoms with Gasteiger partial charge in [0.1, 0.15) is 0 Å². The van der Waals surface area contributed by atoms with Crippen molar-refractivity contribution in [2.75, 3.05) is 0 Å². The lowest BCUT2D eigenvalue weighted by atomic mass is 10.0. The summed E-state index contributed by atoms with van der Waals surface area (Å²) in [6.45, 7) is 3.85. The monoisotopic (exact) mass is 321 g/mol. The Morgan fingerprint density at radius 1 is 0.455 bits per heavy atom. The first-order valence-corrected chi connectivity index (χ1v) is 9.42. The molecule has 0 saturated heterocycles. The van der Waals surface area contributed by atoms with Crippen molar-refractivity contribution in [2.24, 2.45) is 0 Å². The summed E-state index contributed by atoms with van der Waals surface area (Å²) in [5.74, 6) is 0. The molecule has 0 fully saturated rings. The van der Waals surface area contributed by atoms with Gasteiger partial charge >= 0.3 is 6.18 Å². The second kappa shape index (κ2) is 15.7. The van der Waals surface area contributed by atoms with Crippen molar-refractivity contribution in [1.82, 2.24) is 0 Å². The van der Waals surface area contributed by atoms with Crippen LogP contribution in [0.2, 0.25) is 0 Å². The van der Waals surface area contributed by atoms with Gasteiger partial charge in [-0.05, 0) is 6.42 Å². The lowest BCUT2D eigenvalue weighted by Gasteiger charge is -2.05. The van der Waals surface area contributed by atoms with E-state index < -0.39 is 12.6 Å². The maximum absolute atomic E-state index is 11.9. The number of hydrogen-bond acceptors (Lipinski definition) is 0. The summed E-state index contributed by atoms with van der Waals surface area (Å²) >= 11 is 0. The molecule has 0 spiro atoms. The second-order valence-electron chi connectivity index (χ2n) is 6.52. The van der Waals surface area contributed by atoms with Gasteiger partial charge in [0, 0.05) is 6.42 Å². The molecule has 0 rings (SSSR count). The van der Waals surface area contributed by atoms with E-state index in [9.17, 15) is 13.2 Å². The second-order valence-corrected chi connectivity index (χ2v) is 6.52. The number of unbranched alkanes of at least 4 members (excludes halogenated alkanes) is 15. The van der Waals surface area contributed by atoms with Gasteiger partial charge in [0.05, 0.1) is 0 Å². The van der Waals surface area contributed by atoms with Crippen LogP contribution in [0.4, 0.5) is 13.2 Å². The maximum Gasteiger partial charge on any atom is 0.389 e. The van der Waals surface area contributed by atoms with Crippen LogP contribution >= 0.6 is 0 Å². The summed E-state index contributed by atoms with van der Waals surface area (Å²) in [5.41, 5.74) is 0. The smallest absolute Gasteiger partial charge is 0.171 e. The van der Waals surface area contributed by atoms with Gasteiger partial charge in [-0.15, -0.1) is 0 Å². The molecule has 1 radical (unpaired) electrons. The maximum atomic E-state index is 11.9. The molecule has 22 heavy (non-hydrogen) atoms. The van der Waals surface area contributed by atoms with E-state index in [4.69, 9.17) is 0 Å². The summed E-state index contributed by atoms with van der Waals surface area (Å²) in [4.78, 5) is 0. The minimum atomic E-state index is -3.97. The standard InChI is InChI=1S/C19H36F3/c1-2-3-4-5-6-7-8-9-10-11-12-13-14-15-16-17-18-19(20,21)22/h1-18H2. The third kappa shape index (κ3) is 19.8. The SMILES string of the molecule is [CH2]CCCCCCCCCCCCCCCCCC(F)(F)F. The van der Waals surface area contributed by atoms with E-state index in [1.54, 1.807) is 0 Å². The summed E-state index contributed by atoms with van der Waals surface area (Å²) in [7, 11) is 0. The largest absolute Gasteiger partial charge is 0.389 e. The quantitative estimate of drug-likeness (QED) is 0.252. The highest BCUT2D eigenvalue weighted by molar-refractivity contribution is 4.53. The zero-order valence-corrected chi connectivity index (χ0v) is 14.4. The molecule has 0 aliphatic heterocycles. The fraction of sp³-hybridized carbons (Fsp3) is 0.947. The minimum absolute atomic E-state index is 0.304.